The van der Waals surface area contributed by atoms with E-state index in [1.807, 2.05) is 0 Å². The second-order valence-corrected chi connectivity index (χ2v) is 9.42. The maximum Gasteiger partial charge on any atom is 0.320 e. The fourth-order valence-electron chi connectivity index (χ4n) is 5.40. The molecule has 11 heteroatoms. The number of carbonyl (C=O) groups excluding carboxylic acids is 1. The molecule has 4 atom stereocenters. The maximum absolute atomic E-state index is 14.7. The molecule has 0 radical (unpaired) electrons. The molecular weight excluding hydrogens is 448 g/mol. The largest absolute Gasteiger partial charge is 0.490 e. The number of β-amino-alcohol motifs (C(OH)–C–C–N with tert-alkyl or cyclic N) is 1. The van der Waals surface area contributed by atoms with Crippen molar-refractivity contribution >= 4 is 12.0 Å². The monoisotopic (exact) mass is 473 g/mol. The topological polar surface area (TPSA) is 111 Å². The number of aromatic nitrogens is 2. The zero-order valence-corrected chi connectivity index (χ0v) is 18.8. The number of nitrogens with one attached hydrogen (secondary N) is 1. The molecule has 4 heterocycles. The minimum atomic E-state index is -3.05. The number of hydrogen-bond acceptors (Lipinski definition) is 7. The SMILES string of the molecule is CCN1C(=O)NC2(COc3cc(-c4nc(N5C[C@@H](O)[C@@H]5C)nc5c4CCC5(F)F)ccc32)C1O. The predicted molar refractivity (Wildman–Crippen MR) is 117 cm³/mol. The highest BCUT2D eigenvalue weighted by atomic mass is 19.3. The molecule has 1 aliphatic carbocycles. The molecular formula is C23H25F2N5O4. The molecule has 0 saturated carbocycles. The van der Waals surface area contributed by atoms with Gasteiger partial charge < -0.3 is 25.2 Å². The third kappa shape index (κ3) is 2.73. The minimum absolute atomic E-state index is 0.0591. The van der Waals surface area contributed by atoms with Gasteiger partial charge in [0.15, 0.2) is 6.23 Å². The average Bonchev–Trinajstić information content (AvgIpc) is 3.42. The van der Waals surface area contributed by atoms with Crippen molar-refractivity contribution in [2.24, 2.45) is 0 Å². The van der Waals surface area contributed by atoms with Crippen LogP contribution in [0.2, 0.25) is 0 Å². The second-order valence-electron chi connectivity index (χ2n) is 9.42. The Morgan fingerprint density at radius 2 is 2.09 bits per heavy atom. The van der Waals surface area contributed by atoms with Gasteiger partial charge in [-0.15, -0.1) is 0 Å². The van der Waals surface area contributed by atoms with E-state index in [4.69, 9.17) is 4.74 Å². The number of halogens is 2. The van der Waals surface area contributed by atoms with E-state index in [2.05, 4.69) is 15.3 Å². The van der Waals surface area contributed by atoms with Gasteiger partial charge in [-0.3, -0.25) is 4.90 Å². The summed E-state index contributed by atoms with van der Waals surface area (Å²) in [6.07, 6.45) is -1.83. The van der Waals surface area contributed by atoms with Gasteiger partial charge in [0.25, 0.3) is 5.92 Å². The summed E-state index contributed by atoms with van der Waals surface area (Å²) in [5.41, 5.74) is 0.676. The van der Waals surface area contributed by atoms with E-state index >= 15 is 0 Å². The number of nitrogens with zero attached hydrogens (tertiary/aromatic N) is 4. The Morgan fingerprint density at radius 3 is 2.76 bits per heavy atom. The molecule has 1 spiro atoms. The number of aliphatic hydroxyl groups excluding tert-OH is 2. The van der Waals surface area contributed by atoms with E-state index in [1.54, 1.807) is 36.9 Å². The van der Waals surface area contributed by atoms with Crippen molar-refractivity contribution in [3.63, 3.8) is 0 Å². The van der Waals surface area contributed by atoms with Crippen LogP contribution in [0.5, 0.6) is 5.75 Å². The molecule has 2 fully saturated rings. The van der Waals surface area contributed by atoms with Gasteiger partial charge in [0, 0.05) is 36.2 Å². The zero-order valence-electron chi connectivity index (χ0n) is 18.8. The van der Waals surface area contributed by atoms with Crippen LogP contribution in [0.25, 0.3) is 11.3 Å². The summed E-state index contributed by atoms with van der Waals surface area (Å²) in [7, 11) is 0. The fraction of sp³-hybridized carbons (Fsp3) is 0.522. The highest BCUT2D eigenvalue weighted by Crippen LogP contribution is 2.48. The van der Waals surface area contributed by atoms with Crippen LogP contribution in [-0.4, -0.2) is 69.2 Å². The number of aliphatic hydroxyl groups is 2. The van der Waals surface area contributed by atoms with Gasteiger partial charge in [-0.25, -0.2) is 14.8 Å². The van der Waals surface area contributed by atoms with E-state index in [9.17, 15) is 23.8 Å². The molecule has 34 heavy (non-hydrogen) atoms. The number of amides is 2. The van der Waals surface area contributed by atoms with Crippen LogP contribution < -0.4 is 15.0 Å². The van der Waals surface area contributed by atoms with Crippen LogP contribution in [0.15, 0.2) is 18.2 Å². The number of rotatable bonds is 3. The number of fused-ring (bicyclic) bond motifs is 3. The summed E-state index contributed by atoms with van der Waals surface area (Å²) in [6, 6.07) is 4.58. The smallest absolute Gasteiger partial charge is 0.320 e. The molecule has 2 aromatic rings. The summed E-state index contributed by atoms with van der Waals surface area (Å²) in [5, 5.41) is 23.6. The molecule has 6 rings (SSSR count). The van der Waals surface area contributed by atoms with Crippen molar-refractivity contribution in [2.45, 2.75) is 56.5 Å². The van der Waals surface area contributed by atoms with Crippen LogP contribution in [0, 0.1) is 0 Å². The first kappa shape index (κ1) is 21.5. The number of hydrogen-bond donors (Lipinski definition) is 3. The second kappa shape index (κ2) is 6.98. The van der Waals surface area contributed by atoms with Crippen LogP contribution in [0.3, 0.4) is 0 Å². The fourth-order valence-corrected chi connectivity index (χ4v) is 5.40. The quantitative estimate of drug-likeness (QED) is 0.622. The van der Waals surface area contributed by atoms with Gasteiger partial charge in [0.2, 0.25) is 5.95 Å². The van der Waals surface area contributed by atoms with E-state index in [0.717, 1.165) is 0 Å². The highest BCUT2D eigenvalue weighted by molar-refractivity contribution is 5.80. The number of ether oxygens (including phenoxy) is 1. The van der Waals surface area contributed by atoms with E-state index in [1.165, 1.54) is 4.90 Å². The lowest BCUT2D eigenvalue weighted by atomic mass is 9.89. The molecule has 180 valence electrons. The number of likely N-dealkylation sites (N-methyl/N-ethyl adjacent to an activating group) is 1. The Bertz CT molecular complexity index is 1210. The van der Waals surface area contributed by atoms with Crippen molar-refractivity contribution in [3.05, 3.63) is 35.0 Å². The van der Waals surface area contributed by atoms with E-state index in [0.29, 0.717) is 34.7 Å². The molecule has 9 nitrogen and oxygen atoms in total. The third-order valence-corrected chi connectivity index (χ3v) is 7.58. The summed E-state index contributed by atoms with van der Waals surface area (Å²) < 4.78 is 35.2. The molecule has 2 amide bonds. The molecule has 1 aromatic carbocycles. The standard InChI is InChI=1S/C23H25F2N5O4/c1-3-29-19(32)22(28-21(29)33)10-34-16-8-12(4-5-14(16)22)17-13-6-7-23(24,25)18(13)27-20(26-17)30-9-15(31)11(30)2/h4-5,8,11,15,19,31-32H,3,6-7,9-10H2,1-2H3,(H,28,33)/t11-,15+,19?,22?/m0/s1. The number of urea groups is 1. The number of carbonyl (C=O) groups is 1. The first-order valence-corrected chi connectivity index (χ1v) is 11.4. The Kier molecular flexibility index (Phi) is 4.41. The van der Waals surface area contributed by atoms with Crippen molar-refractivity contribution in [1.29, 1.82) is 0 Å². The number of benzene rings is 1. The Hall–Kier alpha value is -3.05. The normalized spacial score (nSPS) is 30.8. The van der Waals surface area contributed by atoms with Crippen LogP contribution in [0.4, 0.5) is 19.5 Å². The zero-order chi connectivity index (χ0) is 24.0. The minimum Gasteiger partial charge on any atom is -0.490 e. The van der Waals surface area contributed by atoms with Crippen molar-refractivity contribution in [2.75, 3.05) is 24.6 Å². The predicted octanol–water partition coefficient (Wildman–Crippen LogP) is 1.70. The Morgan fingerprint density at radius 1 is 1.29 bits per heavy atom. The molecule has 1 aromatic heterocycles. The first-order chi connectivity index (χ1) is 16.2. The van der Waals surface area contributed by atoms with Gasteiger partial charge in [0.05, 0.1) is 17.8 Å². The van der Waals surface area contributed by atoms with E-state index < -0.39 is 23.8 Å². The average molecular weight is 473 g/mol. The van der Waals surface area contributed by atoms with Gasteiger partial charge in [-0.1, -0.05) is 12.1 Å². The van der Waals surface area contributed by atoms with Gasteiger partial charge in [0.1, 0.15) is 23.6 Å². The van der Waals surface area contributed by atoms with Crippen molar-refractivity contribution in [1.82, 2.24) is 20.2 Å². The summed E-state index contributed by atoms with van der Waals surface area (Å²) in [6.45, 7) is 4.26. The van der Waals surface area contributed by atoms with Crippen LogP contribution >= 0.6 is 0 Å². The third-order valence-electron chi connectivity index (χ3n) is 7.58. The Labute approximate surface area is 194 Å². The Balaban J connectivity index is 1.44. The molecule has 3 N–H and O–H groups in total. The summed E-state index contributed by atoms with van der Waals surface area (Å²) in [5.74, 6) is -2.42. The van der Waals surface area contributed by atoms with Gasteiger partial charge >= 0.3 is 6.03 Å². The molecule has 3 aliphatic heterocycles. The molecule has 2 unspecified atom stereocenters. The van der Waals surface area contributed by atoms with Crippen LogP contribution in [-0.2, 0) is 17.9 Å². The van der Waals surface area contributed by atoms with Gasteiger partial charge in [-0.05, 0) is 26.3 Å². The highest BCUT2D eigenvalue weighted by Gasteiger charge is 2.56. The lowest BCUT2D eigenvalue weighted by molar-refractivity contribution is -0.00618. The lowest BCUT2D eigenvalue weighted by Crippen LogP contribution is -2.59. The molecule has 0 bridgehead atoms. The first-order valence-electron chi connectivity index (χ1n) is 11.4. The van der Waals surface area contributed by atoms with E-state index in [-0.39, 0.29) is 49.7 Å². The summed E-state index contributed by atoms with van der Waals surface area (Å²) in [4.78, 5) is 24.2. The summed E-state index contributed by atoms with van der Waals surface area (Å²) >= 11 is 0. The molecule has 4 aliphatic rings. The number of anilines is 1. The van der Waals surface area contributed by atoms with Crippen molar-refractivity contribution in [3.8, 4) is 17.0 Å². The van der Waals surface area contributed by atoms with Crippen LogP contribution in [0.1, 0.15) is 37.1 Å². The maximum atomic E-state index is 14.7. The van der Waals surface area contributed by atoms with Gasteiger partial charge in [-0.2, -0.15) is 8.78 Å². The molecule has 2 saturated heterocycles. The number of alkyl halides is 2. The lowest BCUT2D eigenvalue weighted by Gasteiger charge is -2.43. The van der Waals surface area contributed by atoms with Crippen molar-refractivity contribution < 1.29 is 28.5 Å².